The second kappa shape index (κ2) is 15.0. The molecule has 0 aliphatic heterocycles. The summed E-state index contributed by atoms with van der Waals surface area (Å²) in [7, 11) is 0. The minimum atomic E-state index is -0.507. The van der Waals surface area contributed by atoms with Gasteiger partial charge in [-0.15, -0.1) is 0 Å². The summed E-state index contributed by atoms with van der Waals surface area (Å²) in [6, 6.07) is 74.2. The molecule has 0 heterocycles. The van der Waals surface area contributed by atoms with E-state index in [1.807, 2.05) is 0 Å². The zero-order chi connectivity index (χ0) is 50.3. The number of para-hydroxylation sites is 1. The smallest absolute Gasteiger partial charge is 0.0726 e. The van der Waals surface area contributed by atoms with Crippen LogP contribution in [0.5, 0.6) is 0 Å². The Morgan fingerprint density at radius 2 is 0.919 bits per heavy atom. The lowest BCUT2D eigenvalue weighted by molar-refractivity contribution is 0.327. The Balaban J connectivity index is 1.03. The summed E-state index contributed by atoms with van der Waals surface area (Å²) in [5, 5.41) is 0. The molecule has 6 aliphatic rings. The quantitative estimate of drug-likeness (QED) is 0.170. The summed E-state index contributed by atoms with van der Waals surface area (Å²) in [5.41, 5.74) is 30.6. The second-order valence-electron chi connectivity index (χ2n) is 25.6. The van der Waals surface area contributed by atoms with Crippen LogP contribution in [0.2, 0.25) is 0 Å². The third-order valence-electron chi connectivity index (χ3n) is 19.5. The van der Waals surface area contributed by atoms with Gasteiger partial charge in [0.2, 0.25) is 0 Å². The van der Waals surface area contributed by atoms with Crippen LogP contribution < -0.4 is 4.90 Å². The van der Waals surface area contributed by atoms with E-state index in [-0.39, 0.29) is 21.7 Å². The van der Waals surface area contributed by atoms with Crippen molar-refractivity contribution < 1.29 is 0 Å². The lowest BCUT2D eigenvalue weighted by atomic mass is 9.67. The number of hydrogen-bond donors (Lipinski definition) is 0. The molecule has 0 saturated heterocycles. The first-order valence-corrected chi connectivity index (χ1v) is 27.6. The van der Waals surface area contributed by atoms with E-state index < -0.39 is 5.41 Å². The molecule has 2 spiro atoms. The molecule has 1 nitrogen and oxygen atoms in total. The first-order valence-electron chi connectivity index (χ1n) is 27.6. The van der Waals surface area contributed by atoms with Gasteiger partial charge in [-0.1, -0.05) is 226 Å². The maximum atomic E-state index is 2.70. The molecule has 0 aromatic heterocycles. The normalized spacial score (nSPS) is 20.2. The third kappa shape index (κ3) is 5.66. The number of anilines is 3. The molecule has 6 aliphatic carbocycles. The summed E-state index contributed by atoms with van der Waals surface area (Å²) < 4.78 is 0. The highest BCUT2D eigenvalue weighted by Gasteiger charge is 2.57. The van der Waals surface area contributed by atoms with Crippen LogP contribution in [0.25, 0.3) is 55.6 Å². The van der Waals surface area contributed by atoms with Crippen molar-refractivity contribution in [3.63, 3.8) is 0 Å². The molecule has 9 aromatic carbocycles. The number of benzene rings is 9. The van der Waals surface area contributed by atoms with Gasteiger partial charge in [0.15, 0.2) is 0 Å². The largest absolute Gasteiger partial charge is 0.309 e. The number of rotatable bonds is 4. The van der Waals surface area contributed by atoms with Crippen LogP contribution in [0.3, 0.4) is 0 Å². The SMILES string of the molecule is CC(C)(C)c1ccc2c(c1)-c1cc(C(C)(C)C)ccc1C21c2ccccc2-c2c(N(c3ccc4c(c3)C3(CC5CCC3C5)c3ccccc3-4)c3ccccc3-c3cccc4c3C(C)(C)c3ccccc3-4)cccc21. The molecule has 1 heteroatoms. The Morgan fingerprint density at radius 3 is 1.57 bits per heavy atom. The van der Waals surface area contributed by atoms with Crippen molar-refractivity contribution >= 4 is 17.1 Å². The summed E-state index contributed by atoms with van der Waals surface area (Å²) >= 11 is 0. The van der Waals surface area contributed by atoms with Gasteiger partial charge in [-0.05, 0) is 166 Å². The Bertz CT molecular complexity index is 3820. The summed E-state index contributed by atoms with van der Waals surface area (Å²) in [5.74, 6) is 1.45. The van der Waals surface area contributed by atoms with Crippen LogP contribution in [0, 0.1) is 11.8 Å². The predicted molar refractivity (Wildman–Crippen MR) is 309 cm³/mol. The van der Waals surface area contributed by atoms with Crippen LogP contribution in [-0.4, -0.2) is 0 Å². The van der Waals surface area contributed by atoms with Gasteiger partial charge in [-0.3, -0.25) is 0 Å². The maximum Gasteiger partial charge on any atom is 0.0726 e. The van der Waals surface area contributed by atoms with Crippen molar-refractivity contribution in [2.24, 2.45) is 11.8 Å². The fourth-order valence-corrected chi connectivity index (χ4v) is 16.2. The number of fused-ring (bicyclic) bond motifs is 21. The minimum absolute atomic E-state index is 0.00383. The second-order valence-corrected chi connectivity index (χ2v) is 25.6. The van der Waals surface area contributed by atoms with Crippen molar-refractivity contribution in [1.29, 1.82) is 0 Å². The average molecular weight is 956 g/mol. The standard InChI is InChI=1S/C73H65N/c1-69(2,3)45-33-37-61-56(40-45)57-41-46(70(4,5)6)34-38-62(57)73(61)60-27-15-11-22-55(60)67-63(73)28-18-30-66(67)74(48-35-36-51-49-19-10-14-26-59(49)72(64(51)42-48)43-44-31-32-47(72)39-44)65-29-16-12-21-52(65)54-24-17-23-53-50-20-9-13-25-58(50)71(7,8)68(53)54/h9-30,33-38,40-42,44,47H,31-32,39,43H2,1-8H3. The van der Waals surface area contributed by atoms with Gasteiger partial charge >= 0.3 is 0 Å². The monoisotopic (exact) mass is 956 g/mol. The summed E-state index contributed by atoms with van der Waals surface area (Å²) in [4.78, 5) is 2.70. The molecule has 0 radical (unpaired) electrons. The predicted octanol–water partition coefficient (Wildman–Crippen LogP) is 19.2. The van der Waals surface area contributed by atoms with E-state index in [2.05, 4.69) is 248 Å². The third-order valence-corrected chi connectivity index (χ3v) is 19.5. The zero-order valence-electron chi connectivity index (χ0n) is 44.3. The molecule has 362 valence electrons. The molecular formula is C73H65N. The number of hydrogen-bond acceptors (Lipinski definition) is 1. The molecule has 3 atom stereocenters. The van der Waals surface area contributed by atoms with Crippen LogP contribution >= 0.6 is 0 Å². The minimum Gasteiger partial charge on any atom is -0.309 e. The fraction of sp³-hybridized carbons (Fsp3) is 0.260. The van der Waals surface area contributed by atoms with E-state index in [0.29, 0.717) is 5.92 Å². The van der Waals surface area contributed by atoms with Gasteiger partial charge in [-0.2, -0.15) is 0 Å². The van der Waals surface area contributed by atoms with E-state index in [1.54, 1.807) is 5.56 Å². The zero-order valence-corrected chi connectivity index (χ0v) is 44.3. The van der Waals surface area contributed by atoms with Gasteiger partial charge in [0, 0.05) is 27.6 Å². The maximum absolute atomic E-state index is 2.70. The Hall–Kier alpha value is -7.22. The van der Waals surface area contributed by atoms with Crippen molar-refractivity contribution in [2.45, 2.75) is 108 Å². The highest BCUT2D eigenvalue weighted by Crippen LogP contribution is 2.68. The van der Waals surface area contributed by atoms with Crippen LogP contribution in [0.15, 0.2) is 188 Å². The van der Waals surface area contributed by atoms with Crippen molar-refractivity contribution in [1.82, 2.24) is 0 Å². The van der Waals surface area contributed by atoms with E-state index in [9.17, 15) is 0 Å². The fourth-order valence-electron chi connectivity index (χ4n) is 16.2. The van der Waals surface area contributed by atoms with E-state index in [0.717, 1.165) is 5.92 Å². The van der Waals surface area contributed by atoms with Crippen LogP contribution in [0.4, 0.5) is 17.1 Å². The molecule has 0 amide bonds. The highest BCUT2D eigenvalue weighted by atomic mass is 15.1. The van der Waals surface area contributed by atoms with Gasteiger partial charge in [-0.25, -0.2) is 0 Å². The summed E-state index contributed by atoms with van der Waals surface area (Å²) in [6.45, 7) is 19.0. The van der Waals surface area contributed by atoms with Gasteiger partial charge in [0.25, 0.3) is 0 Å². The number of nitrogens with zero attached hydrogens (tertiary/aromatic N) is 1. The molecule has 3 unspecified atom stereocenters. The first-order chi connectivity index (χ1) is 35.7. The van der Waals surface area contributed by atoms with Crippen molar-refractivity contribution in [3.8, 4) is 55.6 Å². The Morgan fingerprint density at radius 1 is 0.405 bits per heavy atom. The molecule has 15 rings (SSSR count). The van der Waals surface area contributed by atoms with Crippen LogP contribution in [0.1, 0.15) is 137 Å². The van der Waals surface area contributed by atoms with E-state index in [4.69, 9.17) is 0 Å². The Kier molecular flexibility index (Phi) is 8.96. The van der Waals surface area contributed by atoms with E-state index >= 15 is 0 Å². The molecule has 2 saturated carbocycles. The van der Waals surface area contributed by atoms with Gasteiger partial charge in [0.05, 0.1) is 16.8 Å². The Labute approximate surface area is 439 Å². The average Bonchev–Trinajstić information content (AvgIpc) is 4.25. The van der Waals surface area contributed by atoms with Crippen molar-refractivity contribution in [2.75, 3.05) is 4.90 Å². The lowest BCUT2D eigenvalue weighted by Crippen LogP contribution is -2.32. The molecule has 2 fully saturated rings. The summed E-state index contributed by atoms with van der Waals surface area (Å²) in [6.07, 6.45) is 5.26. The van der Waals surface area contributed by atoms with Gasteiger partial charge < -0.3 is 4.90 Å². The molecule has 9 aromatic rings. The molecule has 2 bridgehead atoms. The van der Waals surface area contributed by atoms with Crippen LogP contribution in [-0.2, 0) is 27.1 Å². The highest BCUT2D eigenvalue weighted by molar-refractivity contribution is 6.04. The van der Waals surface area contributed by atoms with E-state index in [1.165, 1.54) is 148 Å². The molecule has 74 heavy (non-hydrogen) atoms. The lowest BCUT2D eigenvalue weighted by Gasteiger charge is -2.37. The topological polar surface area (TPSA) is 3.24 Å². The molecule has 0 N–H and O–H groups in total. The molecular weight excluding hydrogens is 891 g/mol. The van der Waals surface area contributed by atoms with Gasteiger partial charge in [0.1, 0.15) is 0 Å². The van der Waals surface area contributed by atoms with Crippen molar-refractivity contribution in [3.05, 3.63) is 244 Å². The first kappa shape index (κ1) is 44.3.